The van der Waals surface area contributed by atoms with Gasteiger partial charge in [-0.15, -0.1) is 0 Å². The minimum absolute atomic E-state index is 0.127. The second-order valence-electron chi connectivity index (χ2n) is 5.26. The van der Waals surface area contributed by atoms with Crippen molar-refractivity contribution >= 4 is 5.78 Å². The van der Waals surface area contributed by atoms with Crippen LogP contribution < -0.4 is 0 Å². The zero-order valence-electron chi connectivity index (χ0n) is 9.08. The number of carbonyl (C=O) groups excluding carboxylic acids is 1. The Morgan fingerprint density at radius 3 is 2.71 bits per heavy atom. The summed E-state index contributed by atoms with van der Waals surface area (Å²) >= 11 is 0. The van der Waals surface area contributed by atoms with Gasteiger partial charge in [-0.05, 0) is 42.6 Å². The summed E-state index contributed by atoms with van der Waals surface area (Å²) in [4.78, 5) is 11.1. The van der Waals surface area contributed by atoms with Crippen molar-refractivity contribution in [3.05, 3.63) is 11.6 Å². The van der Waals surface area contributed by atoms with Gasteiger partial charge in [-0.1, -0.05) is 19.9 Å². The number of ketones is 1. The molecule has 2 nitrogen and oxygen atoms in total. The zero-order valence-corrected chi connectivity index (χ0v) is 9.08. The third-order valence-electron chi connectivity index (χ3n) is 4.21. The molecular weight excluding hydrogens is 176 g/mol. The van der Waals surface area contributed by atoms with Crippen molar-refractivity contribution in [1.29, 1.82) is 0 Å². The van der Waals surface area contributed by atoms with Crippen molar-refractivity contribution in [3.8, 4) is 0 Å². The van der Waals surface area contributed by atoms with E-state index < -0.39 is 6.10 Å². The molecule has 3 atom stereocenters. The van der Waals surface area contributed by atoms with E-state index in [1.807, 2.05) is 0 Å². The van der Waals surface area contributed by atoms with E-state index in [1.165, 1.54) is 6.92 Å². The standard InChI is InChI=1S/C12H18O2/c1-7(13)11(14)9-5-4-8-6-10(9)12(8,2)3/h5,8,10-11,14H,4,6H2,1-3H3/t8-,10-,11-/m0/s1. The molecule has 0 aromatic carbocycles. The molecule has 14 heavy (non-hydrogen) atoms. The van der Waals surface area contributed by atoms with Gasteiger partial charge >= 0.3 is 0 Å². The molecule has 2 heteroatoms. The van der Waals surface area contributed by atoms with E-state index in [0.717, 1.165) is 24.3 Å². The van der Waals surface area contributed by atoms with Crippen molar-refractivity contribution in [2.45, 2.75) is 39.7 Å². The molecular formula is C12H18O2. The molecule has 3 rings (SSSR count). The second kappa shape index (κ2) is 2.93. The maximum Gasteiger partial charge on any atom is 0.162 e. The van der Waals surface area contributed by atoms with Crippen LogP contribution in [0.4, 0.5) is 0 Å². The van der Waals surface area contributed by atoms with E-state index in [4.69, 9.17) is 0 Å². The van der Waals surface area contributed by atoms with Gasteiger partial charge in [-0.2, -0.15) is 0 Å². The van der Waals surface area contributed by atoms with Crippen LogP contribution in [0, 0.1) is 17.3 Å². The van der Waals surface area contributed by atoms with Gasteiger partial charge in [0.2, 0.25) is 0 Å². The maximum atomic E-state index is 11.1. The summed E-state index contributed by atoms with van der Waals surface area (Å²) in [7, 11) is 0. The van der Waals surface area contributed by atoms with Crippen LogP contribution in [-0.2, 0) is 4.79 Å². The molecule has 0 radical (unpaired) electrons. The number of Topliss-reactive ketones (excluding diaryl/α,β-unsaturated/α-hetero) is 1. The molecule has 0 saturated heterocycles. The fourth-order valence-corrected chi connectivity index (χ4v) is 2.94. The lowest BCUT2D eigenvalue weighted by atomic mass is 9.48. The molecule has 1 fully saturated rings. The monoisotopic (exact) mass is 194 g/mol. The molecule has 0 aliphatic heterocycles. The number of aliphatic hydroxyl groups excluding tert-OH is 1. The Hall–Kier alpha value is -0.630. The van der Waals surface area contributed by atoms with E-state index in [2.05, 4.69) is 19.9 Å². The first-order valence-corrected chi connectivity index (χ1v) is 5.33. The van der Waals surface area contributed by atoms with E-state index in [9.17, 15) is 9.90 Å². The molecule has 0 spiro atoms. The molecule has 1 N–H and O–H groups in total. The smallest absolute Gasteiger partial charge is 0.162 e. The molecule has 0 amide bonds. The molecule has 0 aromatic heterocycles. The highest BCUT2D eigenvalue weighted by atomic mass is 16.3. The second-order valence-corrected chi connectivity index (χ2v) is 5.26. The zero-order chi connectivity index (χ0) is 10.5. The van der Waals surface area contributed by atoms with Crippen LogP contribution >= 0.6 is 0 Å². The van der Waals surface area contributed by atoms with Crippen LogP contribution in [0.3, 0.4) is 0 Å². The van der Waals surface area contributed by atoms with Gasteiger partial charge in [-0.25, -0.2) is 0 Å². The first-order chi connectivity index (χ1) is 6.44. The van der Waals surface area contributed by atoms with Crippen molar-refractivity contribution in [3.63, 3.8) is 0 Å². The highest BCUT2D eigenvalue weighted by molar-refractivity contribution is 5.83. The molecule has 78 valence electrons. The molecule has 0 heterocycles. The van der Waals surface area contributed by atoms with Gasteiger partial charge in [0.05, 0.1) is 0 Å². The Bertz CT molecular complexity index is 301. The van der Waals surface area contributed by atoms with E-state index in [1.54, 1.807) is 0 Å². The quantitative estimate of drug-likeness (QED) is 0.682. The summed E-state index contributed by atoms with van der Waals surface area (Å²) in [5.74, 6) is 1.06. The lowest BCUT2D eigenvalue weighted by Gasteiger charge is -2.57. The van der Waals surface area contributed by atoms with Crippen molar-refractivity contribution in [2.24, 2.45) is 17.3 Å². The molecule has 0 unspecified atom stereocenters. The van der Waals surface area contributed by atoms with Crippen LogP contribution in [-0.4, -0.2) is 17.0 Å². The number of fused-ring (bicyclic) bond motifs is 1. The molecule has 1 saturated carbocycles. The summed E-state index contributed by atoms with van der Waals surface area (Å²) in [6.45, 7) is 5.95. The van der Waals surface area contributed by atoms with E-state index >= 15 is 0 Å². The topological polar surface area (TPSA) is 37.3 Å². The summed E-state index contributed by atoms with van der Waals surface area (Å²) < 4.78 is 0. The first kappa shape index (κ1) is 9.91. The van der Waals surface area contributed by atoms with Gasteiger partial charge in [0, 0.05) is 0 Å². The minimum atomic E-state index is -0.847. The van der Waals surface area contributed by atoms with Gasteiger partial charge < -0.3 is 5.11 Å². The average Bonchev–Trinajstić information content (AvgIpc) is 2.16. The number of hydrogen-bond acceptors (Lipinski definition) is 2. The predicted octanol–water partition coefficient (Wildman–Crippen LogP) is 1.93. The van der Waals surface area contributed by atoms with Gasteiger partial charge in [0.25, 0.3) is 0 Å². The highest BCUT2D eigenvalue weighted by Gasteiger charge is 2.52. The van der Waals surface area contributed by atoms with Gasteiger partial charge in [0.15, 0.2) is 5.78 Å². The predicted molar refractivity (Wildman–Crippen MR) is 54.8 cm³/mol. The number of allylic oxidation sites excluding steroid dienone is 1. The third kappa shape index (κ3) is 1.17. The maximum absolute atomic E-state index is 11.1. The number of aliphatic hydroxyl groups is 1. The van der Waals surface area contributed by atoms with Crippen molar-refractivity contribution < 1.29 is 9.90 Å². The largest absolute Gasteiger partial charge is 0.381 e. The Labute approximate surface area is 85.0 Å². The van der Waals surface area contributed by atoms with Crippen LogP contribution in [0.1, 0.15) is 33.6 Å². The lowest BCUT2D eigenvalue weighted by molar-refractivity contribution is -0.125. The molecule has 3 aliphatic rings. The minimum Gasteiger partial charge on any atom is -0.381 e. The van der Waals surface area contributed by atoms with Gasteiger partial charge in [-0.3, -0.25) is 4.79 Å². The lowest BCUT2D eigenvalue weighted by Crippen LogP contribution is -2.50. The average molecular weight is 194 g/mol. The highest BCUT2D eigenvalue weighted by Crippen LogP contribution is 2.59. The Balaban J connectivity index is 2.22. The van der Waals surface area contributed by atoms with Crippen LogP contribution in [0.25, 0.3) is 0 Å². The number of rotatable bonds is 2. The molecule has 3 aliphatic carbocycles. The van der Waals surface area contributed by atoms with Crippen molar-refractivity contribution in [2.75, 3.05) is 0 Å². The Morgan fingerprint density at radius 1 is 1.64 bits per heavy atom. The number of carbonyl (C=O) groups is 1. The van der Waals surface area contributed by atoms with Gasteiger partial charge in [0.1, 0.15) is 6.10 Å². The summed E-state index contributed by atoms with van der Waals surface area (Å²) in [6, 6.07) is 0. The van der Waals surface area contributed by atoms with Crippen LogP contribution in [0.5, 0.6) is 0 Å². The molecule has 0 aromatic rings. The fourth-order valence-electron chi connectivity index (χ4n) is 2.94. The summed E-state index contributed by atoms with van der Waals surface area (Å²) in [6.07, 6.45) is 3.42. The molecule has 2 bridgehead atoms. The summed E-state index contributed by atoms with van der Waals surface area (Å²) in [5.41, 5.74) is 1.27. The van der Waals surface area contributed by atoms with E-state index in [0.29, 0.717) is 11.3 Å². The Kier molecular flexibility index (Phi) is 2.07. The van der Waals surface area contributed by atoms with Crippen molar-refractivity contribution in [1.82, 2.24) is 0 Å². The first-order valence-electron chi connectivity index (χ1n) is 5.33. The van der Waals surface area contributed by atoms with E-state index in [-0.39, 0.29) is 5.78 Å². The summed E-state index contributed by atoms with van der Waals surface area (Å²) in [5, 5.41) is 9.76. The van der Waals surface area contributed by atoms with Crippen LogP contribution in [0.2, 0.25) is 0 Å². The normalized spacial score (nSPS) is 35.6. The number of hydrogen-bond donors (Lipinski definition) is 1. The third-order valence-corrected chi connectivity index (χ3v) is 4.21. The SMILES string of the molecule is CC(=O)[C@H](O)C1=CC[C@H]2C[C@@H]1C2(C)C. The fraction of sp³-hybridized carbons (Fsp3) is 0.750. The Morgan fingerprint density at radius 2 is 2.29 bits per heavy atom. The van der Waals surface area contributed by atoms with Crippen LogP contribution in [0.15, 0.2) is 11.6 Å².